The number of benzene rings is 2. The van der Waals surface area contributed by atoms with E-state index in [1.807, 2.05) is 56.3 Å². The van der Waals surface area contributed by atoms with E-state index in [0.717, 1.165) is 11.3 Å². The average Bonchev–Trinajstić information content (AvgIpc) is 2.67. The number of rotatable bonds is 8. The summed E-state index contributed by atoms with van der Waals surface area (Å²) in [5.74, 6) is 6.81. The highest BCUT2D eigenvalue weighted by atomic mass is 16.5. The molecule has 0 saturated heterocycles. The molecule has 140 valence electrons. The standard InChI is InChI=1S/C19H21N5O3/c1-13(2)26-18-21-17(24-20)22-19(23-18)27-16-10-8-15(9-11-16)25-12-14-6-4-3-5-7-14/h3-11,13H,12,20H2,1-2H3,(H,21,22,23,24). The molecule has 1 aromatic heterocycles. The third-order valence-electron chi connectivity index (χ3n) is 3.35. The molecule has 3 N–H and O–H groups in total. The Hall–Kier alpha value is -3.39. The highest BCUT2D eigenvalue weighted by Crippen LogP contribution is 2.24. The first-order valence-corrected chi connectivity index (χ1v) is 8.46. The summed E-state index contributed by atoms with van der Waals surface area (Å²) in [6.45, 7) is 4.23. The van der Waals surface area contributed by atoms with Crippen LogP contribution in [0.2, 0.25) is 0 Å². The molecule has 3 rings (SSSR count). The van der Waals surface area contributed by atoms with Crippen molar-refractivity contribution in [2.45, 2.75) is 26.6 Å². The monoisotopic (exact) mass is 367 g/mol. The van der Waals surface area contributed by atoms with Crippen LogP contribution >= 0.6 is 0 Å². The highest BCUT2D eigenvalue weighted by molar-refractivity contribution is 5.34. The van der Waals surface area contributed by atoms with Crippen LogP contribution in [0.4, 0.5) is 5.95 Å². The molecule has 0 saturated carbocycles. The van der Waals surface area contributed by atoms with Crippen molar-refractivity contribution in [3.63, 3.8) is 0 Å². The molecule has 27 heavy (non-hydrogen) atoms. The van der Waals surface area contributed by atoms with Gasteiger partial charge in [0.25, 0.3) is 0 Å². The molecule has 0 aliphatic rings. The van der Waals surface area contributed by atoms with Gasteiger partial charge in [-0.25, -0.2) is 5.84 Å². The second-order valence-electron chi connectivity index (χ2n) is 5.88. The topological polar surface area (TPSA) is 104 Å². The molecule has 1 heterocycles. The first kappa shape index (κ1) is 18.4. The maximum absolute atomic E-state index is 5.75. The molecule has 0 aliphatic carbocycles. The van der Waals surface area contributed by atoms with Crippen molar-refractivity contribution >= 4 is 5.95 Å². The van der Waals surface area contributed by atoms with Crippen LogP contribution in [0, 0.1) is 0 Å². The minimum atomic E-state index is -0.0908. The lowest BCUT2D eigenvalue weighted by Crippen LogP contribution is -2.14. The summed E-state index contributed by atoms with van der Waals surface area (Å²) in [5.41, 5.74) is 3.47. The Morgan fingerprint density at radius 1 is 0.889 bits per heavy atom. The minimum absolute atomic E-state index is 0.0755. The van der Waals surface area contributed by atoms with Gasteiger partial charge in [-0.05, 0) is 43.7 Å². The van der Waals surface area contributed by atoms with Crippen molar-refractivity contribution in [2.75, 3.05) is 5.43 Å². The van der Waals surface area contributed by atoms with Gasteiger partial charge in [-0.15, -0.1) is 4.98 Å². The maximum atomic E-state index is 5.75. The van der Waals surface area contributed by atoms with Crippen LogP contribution in [0.15, 0.2) is 54.6 Å². The van der Waals surface area contributed by atoms with Gasteiger partial charge < -0.3 is 14.2 Å². The van der Waals surface area contributed by atoms with Crippen LogP contribution in [0.25, 0.3) is 0 Å². The van der Waals surface area contributed by atoms with E-state index in [4.69, 9.17) is 20.1 Å². The Kier molecular flexibility index (Phi) is 6.01. The lowest BCUT2D eigenvalue weighted by molar-refractivity contribution is 0.218. The molecule has 0 fully saturated rings. The molecule has 0 spiro atoms. The molecular formula is C19H21N5O3. The second kappa shape index (κ2) is 8.81. The third kappa shape index (κ3) is 5.55. The van der Waals surface area contributed by atoms with Crippen molar-refractivity contribution in [1.29, 1.82) is 0 Å². The van der Waals surface area contributed by atoms with Gasteiger partial charge in [0.1, 0.15) is 18.1 Å². The van der Waals surface area contributed by atoms with Gasteiger partial charge in [0, 0.05) is 0 Å². The predicted octanol–water partition coefficient (Wildman–Crippen LogP) is 3.32. The number of hydrazine groups is 1. The predicted molar refractivity (Wildman–Crippen MR) is 101 cm³/mol. The zero-order valence-electron chi connectivity index (χ0n) is 15.1. The molecule has 0 atom stereocenters. The van der Waals surface area contributed by atoms with Crippen LogP contribution in [-0.2, 0) is 6.61 Å². The Morgan fingerprint density at radius 2 is 1.56 bits per heavy atom. The lowest BCUT2D eigenvalue weighted by Gasteiger charge is -2.11. The zero-order chi connectivity index (χ0) is 19.1. The number of nitrogens with one attached hydrogen (secondary N) is 1. The Balaban J connectivity index is 1.65. The van der Waals surface area contributed by atoms with Crippen LogP contribution in [0.5, 0.6) is 23.5 Å². The summed E-state index contributed by atoms with van der Waals surface area (Å²) in [7, 11) is 0. The summed E-state index contributed by atoms with van der Waals surface area (Å²) in [5, 5.41) is 0. The van der Waals surface area contributed by atoms with Gasteiger partial charge >= 0.3 is 12.0 Å². The van der Waals surface area contributed by atoms with Crippen LogP contribution in [0.1, 0.15) is 19.4 Å². The van der Waals surface area contributed by atoms with E-state index in [2.05, 4.69) is 20.4 Å². The van der Waals surface area contributed by atoms with Crippen molar-refractivity contribution in [1.82, 2.24) is 15.0 Å². The third-order valence-corrected chi connectivity index (χ3v) is 3.35. The smallest absolute Gasteiger partial charge is 0.330 e. The summed E-state index contributed by atoms with van der Waals surface area (Å²) in [6, 6.07) is 17.3. The quantitative estimate of drug-likeness (QED) is 0.461. The lowest BCUT2D eigenvalue weighted by atomic mass is 10.2. The number of hydrogen-bond donors (Lipinski definition) is 2. The Bertz CT molecular complexity index is 857. The summed E-state index contributed by atoms with van der Waals surface area (Å²) in [6.07, 6.45) is -0.0908. The maximum Gasteiger partial charge on any atom is 0.330 e. The number of nitrogen functional groups attached to an aromatic ring is 1. The van der Waals surface area contributed by atoms with Crippen molar-refractivity contribution in [2.24, 2.45) is 5.84 Å². The van der Waals surface area contributed by atoms with E-state index >= 15 is 0 Å². The summed E-state index contributed by atoms with van der Waals surface area (Å²) in [4.78, 5) is 12.2. The van der Waals surface area contributed by atoms with E-state index in [0.29, 0.717) is 12.4 Å². The molecule has 0 radical (unpaired) electrons. The molecule has 8 nitrogen and oxygen atoms in total. The fourth-order valence-corrected chi connectivity index (χ4v) is 2.16. The van der Waals surface area contributed by atoms with Crippen LogP contribution in [-0.4, -0.2) is 21.1 Å². The van der Waals surface area contributed by atoms with Gasteiger partial charge in [0.2, 0.25) is 5.95 Å². The van der Waals surface area contributed by atoms with Gasteiger partial charge in [-0.2, -0.15) is 9.97 Å². The van der Waals surface area contributed by atoms with Gasteiger partial charge in [0.15, 0.2) is 0 Å². The van der Waals surface area contributed by atoms with Gasteiger partial charge in [-0.1, -0.05) is 30.3 Å². The summed E-state index contributed by atoms with van der Waals surface area (Å²) < 4.78 is 16.9. The van der Waals surface area contributed by atoms with Crippen molar-refractivity contribution < 1.29 is 14.2 Å². The van der Waals surface area contributed by atoms with E-state index in [1.165, 1.54) is 0 Å². The molecule has 8 heteroatoms. The highest BCUT2D eigenvalue weighted by Gasteiger charge is 2.10. The van der Waals surface area contributed by atoms with E-state index in [9.17, 15) is 0 Å². The fourth-order valence-electron chi connectivity index (χ4n) is 2.16. The van der Waals surface area contributed by atoms with Crippen LogP contribution < -0.4 is 25.5 Å². The fraction of sp³-hybridized carbons (Fsp3) is 0.211. The number of nitrogens with two attached hydrogens (primary N) is 1. The summed E-state index contributed by atoms with van der Waals surface area (Å²) >= 11 is 0. The number of hydrogen-bond acceptors (Lipinski definition) is 8. The molecular weight excluding hydrogens is 346 g/mol. The Labute approximate surface area is 157 Å². The molecule has 2 aromatic carbocycles. The first-order valence-electron chi connectivity index (χ1n) is 8.46. The number of aromatic nitrogens is 3. The second-order valence-corrected chi connectivity index (χ2v) is 5.88. The SMILES string of the molecule is CC(C)Oc1nc(NN)nc(Oc2ccc(OCc3ccccc3)cc2)n1. The normalized spacial score (nSPS) is 10.5. The van der Waals surface area contributed by atoms with E-state index in [-0.39, 0.29) is 24.1 Å². The molecule has 3 aromatic rings. The zero-order valence-corrected chi connectivity index (χ0v) is 15.1. The number of anilines is 1. The van der Waals surface area contributed by atoms with Gasteiger partial charge in [0.05, 0.1) is 6.10 Å². The molecule has 0 bridgehead atoms. The minimum Gasteiger partial charge on any atom is -0.489 e. The van der Waals surface area contributed by atoms with E-state index in [1.54, 1.807) is 12.1 Å². The van der Waals surface area contributed by atoms with E-state index < -0.39 is 0 Å². The largest absolute Gasteiger partial charge is 0.489 e. The molecule has 0 amide bonds. The van der Waals surface area contributed by atoms with Crippen molar-refractivity contribution in [3.05, 3.63) is 60.2 Å². The Morgan fingerprint density at radius 3 is 2.22 bits per heavy atom. The molecule has 0 aliphatic heterocycles. The number of nitrogens with zero attached hydrogens (tertiary/aromatic N) is 3. The molecule has 0 unspecified atom stereocenters. The average molecular weight is 367 g/mol. The number of ether oxygens (including phenoxy) is 3. The first-order chi connectivity index (χ1) is 13.1. The van der Waals surface area contributed by atoms with Crippen molar-refractivity contribution in [3.8, 4) is 23.5 Å². The van der Waals surface area contributed by atoms with Crippen LogP contribution in [0.3, 0.4) is 0 Å². The van der Waals surface area contributed by atoms with Gasteiger partial charge in [-0.3, -0.25) is 5.43 Å².